The van der Waals surface area contributed by atoms with Crippen molar-refractivity contribution < 1.29 is 14.3 Å². The third kappa shape index (κ3) is 4.28. The highest BCUT2D eigenvalue weighted by atomic mass is 16.5. The number of aromatic nitrogens is 1. The van der Waals surface area contributed by atoms with Gasteiger partial charge >= 0.3 is 0 Å². The first-order valence-electron chi connectivity index (χ1n) is 8.89. The van der Waals surface area contributed by atoms with Gasteiger partial charge in [0.1, 0.15) is 6.61 Å². The Kier molecular flexibility index (Phi) is 5.86. The van der Waals surface area contributed by atoms with E-state index in [2.05, 4.69) is 9.88 Å². The van der Waals surface area contributed by atoms with Crippen molar-refractivity contribution in [1.29, 1.82) is 0 Å². The van der Waals surface area contributed by atoms with Gasteiger partial charge in [-0.05, 0) is 25.0 Å². The van der Waals surface area contributed by atoms with Crippen LogP contribution in [0.25, 0.3) is 0 Å². The number of rotatable bonds is 4. The number of anilines is 1. The minimum absolute atomic E-state index is 0.0265. The number of hydrogen-bond acceptors (Lipinski definition) is 5. The topological polar surface area (TPSA) is 66.0 Å². The standard InChI is InChI=1S/C18H26N4O3/c1-25-14-17(23)22-7-3-4-15(13-22)18(24)21-10-8-20(9-11-21)16-5-2-6-19-12-16/h2,5-6,12,15H,3-4,7-11,13-14H2,1H3. The summed E-state index contributed by atoms with van der Waals surface area (Å²) in [7, 11) is 1.52. The lowest BCUT2D eigenvalue weighted by atomic mass is 9.96. The summed E-state index contributed by atoms with van der Waals surface area (Å²) >= 11 is 0. The predicted molar refractivity (Wildman–Crippen MR) is 94.2 cm³/mol. The fourth-order valence-corrected chi connectivity index (χ4v) is 3.60. The van der Waals surface area contributed by atoms with Gasteiger partial charge in [0.05, 0.1) is 17.8 Å². The molecule has 2 amide bonds. The van der Waals surface area contributed by atoms with E-state index in [1.807, 2.05) is 23.2 Å². The first kappa shape index (κ1) is 17.7. The van der Waals surface area contributed by atoms with E-state index in [1.54, 1.807) is 11.1 Å². The van der Waals surface area contributed by atoms with Gasteiger partial charge in [-0.1, -0.05) is 0 Å². The number of piperidine rings is 1. The summed E-state index contributed by atoms with van der Waals surface area (Å²) in [6.45, 7) is 4.40. The summed E-state index contributed by atoms with van der Waals surface area (Å²) < 4.78 is 4.93. The van der Waals surface area contributed by atoms with E-state index in [4.69, 9.17) is 4.74 Å². The van der Waals surface area contributed by atoms with Crippen molar-refractivity contribution in [2.24, 2.45) is 5.92 Å². The Balaban J connectivity index is 1.53. The van der Waals surface area contributed by atoms with E-state index in [-0.39, 0.29) is 24.3 Å². The number of ether oxygens (including phenoxy) is 1. The quantitative estimate of drug-likeness (QED) is 0.799. The number of carbonyl (C=O) groups excluding carboxylic acids is 2. The Morgan fingerprint density at radius 3 is 2.68 bits per heavy atom. The molecule has 1 atom stereocenters. The van der Waals surface area contributed by atoms with Crippen LogP contribution in [0.1, 0.15) is 12.8 Å². The number of hydrogen-bond donors (Lipinski definition) is 0. The number of methoxy groups -OCH3 is 1. The molecule has 2 saturated heterocycles. The average molecular weight is 346 g/mol. The van der Waals surface area contributed by atoms with Crippen molar-refractivity contribution in [3.8, 4) is 0 Å². The van der Waals surface area contributed by atoms with Gasteiger partial charge in [0.15, 0.2) is 0 Å². The molecule has 1 aromatic rings. The molecule has 0 N–H and O–H groups in total. The van der Waals surface area contributed by atoms with Crippen molar-refractivity contribution in [2.45, 2.75) is 12.8 Å². The third-order valence-electron chi connectivity index (χ3n) is 4.99. The summed E-state index contributed by atoms with van der Waals surface area (Å²) in [5, 5.41) is 0. The summed E-state index contributed by atoms with van der Waals surface area (Å²) in [5.41, 5.74) is 1.10. The van der Waals surface area contributed by atoms with Crippen LogP contribution >= 0.6 is 0 Å². The van der Waals surface area contributed by atoms with Gasteiger partial charge in [0.25, 0.3) is 0 Å². The van der Waals surface area contributed by atoms with E-state index in [9.17, 15) is 9.59 Å². The van der Waals surface area contributed by atoms with Crippen molar-refractivity contribution in [2.75, 3.05) is 57.9 Å². The van der Waals surface area contributed by atoms with Gasteiger partial charge in [-0.25, -0.2) is 0 Å². The summed E-state index contributed by atoms with van der Waals surface area (Å²) in [6.07, 6.45) is 5.36. The second kappa shape index (κ2) is 8.29. The maximum absolute atomic E-state index is 12.8. The van der Waals surface area contributed by atoms with Crippen LogP contribution in [0, 0.1) is 5.92 Å². The maximum atomic E-state index is 12.8. The molecular weight excluding hydrogens is 320 g/mol. The summed E-state index contributed by atoms with van der Waals surface area (Å²) in [6, 6.07) is 3.98. The minimum Gasteiger partial charge on any atom is -0.375 e. The van der Waals surface area contributed by atoms with Crippen LogP contribution in [0.4, 0.5) is 5.69 Å². The average Bonchev–Trinajstić information content (AvgIpc) is 2.68. The number of likely N-dealkylation sites (tertiary alicyclic amines) is 1. The molecular formula is C18H26N4O3. The van der Waals surface area contributed by atoms with Crippen LogP contribution in [-0.4, -0.2) is 79.6 Å². The molecule has 2 fully saturated rings. The van der Waals surface area contributed by atoms with Gasteiger partial charge in [0.2, 0.25) is 11.8 Å². The van der Waals surface area contributed by atoms with Crippen LogP contribution in [0.5, 0.6) is 0 Å². The lowest BCUT2D eigenvalue weighted by Gasteiger charge is -2.39. The van der Waals surface area contributed by atoms with Crippen molar-refractivity contribution in [3.05, 3.63) is 24.5 Å². The Labute approximate surface area is 148 Å². The van der Waals surface area contributed by atoms with Crippen LogP contribution in [0.3, 0.4) is 0 Å². The zero-order valence-electron chi connectivity index (χ0n) is 14.8. The van der Waals surface area contributed by atoms with Crippen LogP contribution < -0.4 is 4.90 Å². The molecule has 3 rings (SSSR count). The number of piperazine rings is 1. The molecule has 1 unspecified atom stereocenters. The van der Waals surface area contributed by atoms with E-state index in [0.717, 1.165) is 51.3 Å². The van der Waals surface area contributed by atoms with E-state index < -0.39 is 0 Å². The highest BCUT2D eigenvalue weighted by Crippen LogP contribution is 2.21. The summed E-state index contributed by atoms with van der Waals surface area (Å²) in [5.74, 6) is 0.0710. The molecule has 136 valence electrons. The van der Waals surface area contributed by atoms with Crippen molar-refractivity contribution in [3.63, 3.8) is 0 Å². The number of carbonyl (C=O) groups is 2. The monoisotopic (exact) mass is 346 g/mol. The molecule has 2 aliphatic heterocycles. The highest BCUT2D eigenvalue weighted by Gasteiger charge is 2.32. The first-order chi connectivity index (χ1) is 12.2. The Bertz CT molecular complexity index is 587. The molecule has 7 nitrogen and oxygen atoms in total. The molecule has 0 saturated carbocycles. The van der Waals surface area contributed by atoms with Crippen LogP contribution in [0.15, 0.2) is 24.5 Å². The maximum Gasteiger partial charge on any atom is 0.248 e. The van der Waals surface area contributed by atoms with Crippen molar-refractivity contribution in [1.82, 2.24) is 14.8 Å². The van der Waals surface area contributed by atoms with Crippen molar-refractivity contribution >= 4 is 17.5 Å². The van der Waals surface area contributed by atoms with Crippen LogP contribution in [0.2, 0.25) is 0 Å². The largest absolute Gasteiger partial charge is 0.375 e. The summed E-state index contributed by atoms with van der Waals surface area (Å²) in [4.78, 5) is 35.0. The number of nitrogens with zero attached hydrogens (tertiary/aromatic N) is 4. The van der Waals surface area contributed by atoms with E-state index >= 15 is 0 Å². The van der Waals surface area contributed by atoms with Gasteiger partial charge in [-0.2, -0.15) is 0 Å². The molecule has 0 radical (unpaired) electrons. The zero-order chi connectivity index (χ0) is 17.6. The molecule has 0 aromatic carbocycles. The third-order valence-corrected chi connectivity index (χ3v) is 4.99. The first-order valence-corrected chi connectivity index (χ1v) is 8.89. The second-order valence-corrected chi connectivity index (χ2v) is 6.64. The molecule has 3 heterocycles. The van der Waals surface area contributed by atoms with Crippen LogP contribution in [-0.2, 0) is 14.3 Å². The molecule has 1 aromatic heterocycles. The van der Waals surface area contributed by atoms with Gasteiger partial charge < -0.3 is 19.4 Å². The Morgan fingerprint density at radius 2 is 2.00 bits per heavy atom. The van der Waals surface area contributed by atoms with Gasteiger partial charge in [0, 0.05) is 52.6 Å². The smallest absolute Gasteiger partial charge is 0.248 e. The molecule has 25 heavy (non-hydrogen) atoms. The SMILES string of the molecule is COCC(=O)N1CCCC(C(=O)N2CCN(c3cccnc3)CC2)C1. The van der Waals surface area contributed by atoms with E-state index in [1.165, 1.54) is 7.11 Å². The number of pyridine rings is 1. The lowest BCUT2D eigenvalue weighted by Crippen LogP contribution is -2.53. The van der Waals surface area contributed by atoms with Gasteiger partial charge in [-0.3, -0.25) is 14.6 Å². The second-order valence-electron chi connectivity index (χ2n) is 6.64. The molecule has 2 aliphatic rings. The Morgan fingerprint density at radius 1 is 1.20 bits per heavy atom. The Hall–Kier alpha value is -2.15. The van der Waals surface area contributed by atoms with E-state index in [0.29, 0.717) is 6.54 Å². The minimum atomic E-state index is -0.0838. The fraction of sp³-hybridized carbons (Fsp3) is 0.611. The lowest BCUT2D eigenvalue weighted by molar-refractivity contribution is -0.142. The molecule has 0 aliphatic carbocycles. The fourth-order valence-electron chi connectivity index (χ4n) is 3.60. The number of amides is 2. The highest BCUT2D eigenvalue weighted by molar-refractivity contribution is 5.82. The normalized spacial score (nSPS) is 21.3. The molecule has 0 bridgehead atoms. The molecule has 7 heteroatoms. The molecule has 0 spiro atoms. The van der Waals surface area contributed by atoms with Gasteiger partial charge in [-0.15, -0.1) is 0 Å². The predicted octanol–water partition coefficient (Wildman–Crippen LogP) is 0.615. The zero-order valence-corrected chi connectivity index (χ0v) is 14.8.